The van der Waals surface area contributed by atoms with Crippen molar-refractivity contribution in [1.29, 1.82) is 0 Å². The van der Waals surface area contributed by atoms with E-state index in [1.54, 1.807) is 44.4 Å². The van der Waals surface area contributed by atoms with E-state index in [0.717, 1.165) is 11.1 Å². The Bertz CT molecular complexity index is 1580. The Labute approximate surface area is 229 Å². The van der Waals surface area contributed by atoms with Crippen molar-refractivity contribution in [3.05, 3.63) is 70.7 Å². The molecule has 0 N–H and O–H groups in total. The maximum atomic E-state index is 14.5. The molecule has 0 aliphatic carbocycles. The molecule has 4 aromatic rings. The fourth-order valence-electron chi connectivity index (χ4n) is 4.94. The second-order valence-electron chi connectivity index (χ2n) is 9.77. The van der Waals surface area contributed by atoms with Crippen molar-refractivity contribution in [3.8, 4) is 11.1 Å². The van der Waals surface area contributed by atoms with Gasteiger partial charge in [0.15, 0.2) is 11.6 Å². The molecule has 0 radical (unpaired) electrons. The van der Waals surface area contributed by atoms with E-state index in [4.69, 9.17) is 11.6 Å². The topological polar surface area (TPSA) is 111 Å². The first-order valence-corrected chi connectivity index (χ1v) is 12.9. The average Bonchev–Trinajstić information content (AvgIpc) is 3.44. The van der Waals surface area contributed by atoms with Crippen molar-refractivity contribution in [2.75, 3.05) is 6.54 Å². The van der Waals surface area contributed by atoms with Gasteiger partial charge in [-0.25, -0.2) is 14.4 Å². The number of benzene rings is 1. The van der Waals surface area contributed by atoms with Crippen LogP contribution in [-0.2, 0) is 22.6 Å². The molecule has 1 aliphatic heterocycles. The molecule has 0 unspecified atom stereocenters. The van der Waals surface area contributed by atoms with Gasteiger partial charge in [-0.3, -0.25) is 24.0 Å². The van der Waals surface area contributed by atoms with Crippen LogP contribution in [0.15, 0.2) is 42.7 Å². The van der Waals surface area contributed by atoms with Gasteiger partial charge in [-0.05, 0) is 43.7 Å². The summed E-state index contributed by atoms with van der Waals surface area (Å²) in [5, 5.41) is 5.44. The number of hydrogen-bond acceptors (Lipinski definition) is 7. The molecule has 2 atom stereocenters. The van der Waals surface area contributed by atoms with Gasteiger partial charge in [0.1, 0.15) is 24.2 Å². The molecule has 1 aliphatic rings. The van der Waals surface area contributed by atoms with E-state index in [0.29, 0.717) is 33.1 Å². The number of likely N-dealkylation sites (tertiary alicyclic amines) is 1. The lowest BCUT2D eigenvalue weighted by atomic mass is 10.0. The van der Waals surface area contributed by atoms with Gasteiger partial charge in [0.25, 0.3) is 0 Å². The van der Waals surface area contributed by atoms with Crippen molar-refractivity contribution in [1.82, 2.24) is 29.6 Å². The summed E-state index contributed by atoms with van der Waals surface area (Å²) in [6.45, 7) is 4.53. The van der Waals surface area contributed by atoms with Crippen LogP contribution in [-0.4, -0.2) is 65.9 Å². The minimum absolute atomic E-state index is 0.0622. The molecule has 0 bridgehead atoms. The molecule has 4 heterocycles. The lowest BCUT2D eigenvalue weighted by Crippen LogP contribution is -2.43. The number of amides is 1. The first-order chi connectivity index (χ1) is 18.6. The Morgan fingerprint density at radius 2 is 1.82 bits per heavy atom. The number of Topliss-reactive ketones (excluding diaryl/α,β-unsaturated/α-hetero) is 2. The van der Waals surface area contributed by atoms with Crippen molar-refractivity contribution in [2.45, 2.75) is 52.4 Å². The predicted octanol–water partition coefficient (Wildman–Crippen LogP) is 4.11. The number of aryl methyl sites for hydroxylation is 2. The van der Waals surface area contributed by atoms with E-state index in [1.807, 2.05) is 12.1 Å². The molecule has 39 heavy (non-hydrogen) atoms. The van der Waals surface area contributed by atoms with Crippen LogP contribution < -0.4 is 0 Å². The van der Waals surface area contributed by atoms with Crippen LogP contribution in [0.25, 0.3) is 22.0 Å². The zero-order valence-corrected chi connectivity index (χ0v) is 22.4. The number of hydrogen-bond donors (Lipinski definition) is 0. The van der Waals surface area contributed by atoms with E-state index < -0.39 is 18.1 Å². The summed E-state index contributed by atoms with van der Waals surface area (Å²) in [4.78, 5) is 53.0. The molecule has 1 aromatic carbocycles. The van der Waals surface area contributed by atoms with Crippen LogP contribution in [0, 0.1) is 13.8 Å². The summed E-state index contributed by atoms with van der Waals surface area (Å²) < 4.78 is 15.9. The smallest absolute Gasteiger partial charge is 0.245 e. The number of aromatic nitrogens is 5. The van der Waals surface area contributed by atoms with E-state index in [-0.39, 0.29) is 43.2 Å². The Balaban J connectivity index is 1.40. The lowest BCUT2D eigenvalue weighted by Gasteiger charge is -2.23. The van der Waals surface area contributed by atoms with Crippen LogP contribution in [0.3, 0.4) is 0 Å². The fraction of sp³-hybridized carbons (Fsp3) is 0.321. The normalized spacial score (nSPS) is 17.1. The third-order valence-electron chi connectivity index (χ3n) is 6.75. The summed E-state index contributed by atoms with van der Waals surface area (Å²) in [5.74, 6) is -0.383. The number of halogens is 2. The highest BCUT2D eigenvalue weighted by Crippen LogP contribution is 2.28. The van der Waals surface area contributed by atoms with Gasteiger partial charge in [0, 0.05) is 53.1 Å². The maximum Gasteiger partial charge on any atom is 0.245 e. The van der Waals surface area contributed by atoms with Crippen LogP contribution in [0.1, 0.15) is 41.0 Å². The molecule has 1 saturated heterocycles. The Morgan fingerprint density at radius 1 is 1.08 bits per heavy atom. The molecule has 5 rings (SSSR count). The third-order valence-corrected chi connectivity index (χ3v) is 6.97. The summed E-state index contributed by atoms with van der Waals surface area (Å²) in [6, 6.07) is 7.78. The van der Waals surface area contributed by atoms with E-state index in [2.05, 4.69) is 20.1 Å². The molecule has 1 fully saturated rings. The predicted molar refractivity (Wildman–Crippen MR) is 143 cm³/mol. The summed E-state index contributed by atoms with van der Waals surface area (Å²) in [5.41, 5.74) is 3.50. The van der Waals surface area contributed by atoms with Crippen molar-refractivity contribution < 1.29 is 18.8 Å². The Kier molecular flexibility index (Phi) is 7.22. The molecule has 9 nitrogen and oxygen atoms in total. The molecule has 11 heteroatoms. The van der Waals surface area contributed by atoms with Gasteiger partial charge in [-0.15, -0.1) is 0 Å². The Morgan fingerprint density at radius 3 is 2.51 bits per heavy atom. The summed E-state index contributed by atoms with van der Waals surface area (Å²) in [7, 11) is 0. The lowest BCUT2D eigenvalue weighted by molar-refractivity contribution is -0.138. The number of ketones is 2. The van der Waals surface area contributed by atoms with Gasteiger partial charge in [-0.1, -0.05) is 17.7 Å². The number of carbonyl (C=O) groups excluding carboxylic acids is 3. The maximum absolute atomic E-state index is 14.5. The average molecular weight is 549 g/mol. The van der Waals surface area contributed by atoms with Gasteiger partial charge in [-0.2, -0.15) is 5.10 Å². The third kappa shape index (κ3) is 5.56. The van der Waals surface area contributed by atoms with Crippen LogP contribution in [0.4, 0.5) is 4.39 Å². The number of rotatable bonds is 7. The highest BCUT2D eigenvalue weighted by molar-refractivity contribution is 6.30. The zero-order chi connectivity index (χ0) is 27.8. The minimum Gasteiger partial charge on any atom is -0.328 e. The largest absolute Gasteiger partial charge is 0.328 e. The molecule has 0 saturated carbocycles. The SMILES string of the molecule is CC(=O)c1nn(CC(=O)N2C[C@H](F)C[C@H]2C(=O)Cc2cc(Cl)cc(C)n2)c2ccc(-c3cnc(C)nc3)cc12. The fourth-order valence-corrected chi connectivity index (χ4v) is 5.23. The zero-order valence-electron chi connectivity index (χ0n) is 21.7. The van der Waals surface area contributed by atoms with Crippen molar-refractivity contribution >= 4 is 40.0 Å². The van der Waals surface area contributed by atoms with E-state index in [1.165, 1.54) is 16.5 Å². The molecular weight excluding hydrogens is 523 g/mol. The molecular formula is C28H26ClFN6O3. The van der Waals surface area contributed by atoms with Gasteiger partial charge in [0.05, 0.1) is 24.5 Å². The summed E-state index contributed by atoms with van der Waals surface area (Å²) >= 11 is 6.09. The van der Waals surface area contributed by atoms with Crippen LogP contribution >= 0.6 is 11.6 Å². The molecule has 3 aromatic heterocycles. The van der Waals surface area contributed by atoms with Crippen LogP contribution in [0.2, 0.25) is 5.02 Å². The quantitative estimate of drug-likeness (QED) is 0.319. The first-order valence-electron chi connectivity index (χ1n) is 12.5. The van der Waals surface area contributed by atoms with Gasteiger partial charge >= 0.3 is 0 Å². The number of alkyl halides is 1. The van der Waals surface area contributed by atoms with Gasteiger partial charge in [0.2, 0.25) is 5.91 Å². The van der Waals surface area contributed by atoms with Crippen molar-refractivity contribution in [3.63, 3.8) is 0 Å². The van der Waals surface area contributed by atoms with E-state index >= 15 is 0 Å². The standard InChI is InChI=1S/C28H26ClFN6O3/c1-15-6-20(29)8-22(33-15)10-26(38)25-9-21(30)13-35(25)27(39)14-36-24-5-4-18(19-11-31-17(3)32-12-19)7-23(24)28(34-36)16(2)37/h4-8,11-12,21,25H,9-10,13-14H2,1-3H3/t21-,25+/m1/s1. The molecule has 200 valence electrons. The second-order valence-corrected chi connectivity index (χ2v) is 10.2. The second kappa shape index (κ2) is 10.6. The number of carbonyl (C=O) groups is 3. The minimum atomic E-state index is -1.32. The Hall–Kier alpha value is -4.05. The monoisotopic (exact) mass is 548 g/mol. The van der Waals surface area contributed by atoms with E-state index in [9.17, 15) is 18.8 Å². The first kappa shape index (κ1) is 26.6. The van der Waals surface area contributed by atoms with Crippen molar-refractivity contribution in [2.24, 2.45) is 0 Å². The van der Waals surface area contributed by atoms with Gasteiger partial charge < -0.3 is 4.90 Å². The number of fused-ring (bicyclic) bond motifs is 1. The highest BCUT2D eigenvalue weighted by Gasteiger charge is 2.39. The number of pyridine rings is 1. The number of nitrogens with zero attached hydrogens (tertiary/aromatic N) is 6. The molecule has 1 amide bonds. The summed E-state index contributed by atoms with van der Waals surface area (Å²) in [6.07, 6.45) is 1.93. The highest BCUT2D eigenvalue weighted by atomic mass is 35.5. The molecule has 0 spiro atoms. The van der Waals surface area contributed by atoms with Crippen LogP contribution in [0.5, 0.6) is 0 Å².